The van der Waals surface area contributed by atoms with Crippen LogP contribution in [0.15, 0.2) is 12.1 Å². The zero-order chi connectivity index (χ0) is 11.4. The quantitative estimate of drug-likeness (QED) is 0.731. The van der Waals surface area contributed by atoms with Gasteiger partial charge >= 0.3 is 0 Å². The van der Waals surface area contributed by atoms with Gasteiger partial charge in [-0.1, -0.05) is 0 Å². The summed E-state index contributed by atoms with van der Waals surface area (Å²) in [4.78, 5) is 11.4. The van der Waals surface area contributed by atoms with Crippen LogP contribution in [0.25, 0.3) is 0 Å². The first-order valence-corrected chi connectivity index (χ1v) is 4.35. The molecule has 0 unspecified atom stereocenters. The number of Topliss-reactive ketones (excluding diaryl/α,β-unsaturated/α-hetero) is 1. The molecule has 1 rings (SSSR count). The van der Waals surface area contributed by atoms with E-state index in [2.05, 4.69) is 5.32 Å². The van der Waals surface area contributed by atoms with Gasteiger partial charge in [0.2, 0.25) is 0 Å². The predicted molar refractivity (Wildman–Crippen MR) is 52.9 cm³/mol. The molecule has 0 spiro atoms. The number of benzene rings is 1. The van der Waals surface area contributed by atoms with Gasteiger partial charge < -0.3 is 15.2 Å². The van der Waals surface area contributed by atoms with Crippen LogP contribution in [-0.2, 0) is 0 Å². The maximum Gasteiger partial charge on any atom is 0.195 e. The monoisotopic (exact) mass is 213 g/mol. The largest absolute Gasteiger partial charge is 0.502 e. The fraction of sp³-hybridized carbons (Fsp3) is 0.300. The number of carbonyl (C=O) groups is 1. The molecule has 0 saturated carbocycles. The topological polar surface area (TPSA) is 58.6 Å². The second kappa shape index (κ2) is 4.75. The van der Waals surface area contributed by atoms with Crippen molar-refractivity contribution in [1.82, 2.24) is 5.32 Å². The summed E-state index contributed by atoms with van der Waals surface area (Å²) in [6.07, 6.45) is 0. The maximum absolute atomic E-state index is 13.4. The van der Waals surface area contributed by atoms with E-state index < -0.39 is 17.3 Å². The molecule has 1 aromatic carbocycles. The Bertz CT molecular complexity index is 379. The molecule has 15 heavy (non-hydrogen) atoms. The van der Waals surface area contributed by atoms with Crippen LogP contribution in [-0.4, -0.2) is 31.6 Å². The van der Waals surface area contributed by atoms with Gasteiger partial charge in [0.1, 0.15) is 0 Å². The van der Waals surface area contributed by atoms with Gasteiger partial charge in [0.15, 0.2) is 23.1 Å². The van der Waals surface area contributed by atoms with Gasteiger partial charge in [0.25, 0.3) is 0 Å². The van der Waals surface area contributed by atoms with Crippen molar-refractivity contribution in [3.63, 3.8) is 0 Å². The van der Waals surface area contributed by atoms with Crippen molar-refractivity contribution in [1.29, 1.82) is 0 Å². The van der Waals surface area contributed by atoms with Crippen LogP contribution >= 0.6 is 0 Å². The summed E-state index contributed by atoms with van der Waals surface area (Å²) in [5.74, 6) is -2.00. The SMILES string of the molecule is CNCC(=O)c1ccc(OC)c(O)c1F. The smallest absolute Gasteiger partial charge is 0.195 e. The van der Waals surface area contributed by atoms with Crippen LogP contribution in [0.3, 0.4) is 0 Å². The van der Waals surface area contributed by atoms with Crippen molar-refractivity contribution >= 4 is 5.78 Å². The Labute approximate surface area is 86.7 Å². The number of nitrogens with one attached hydrogen (secondary N) is 1. The van der Waals surface area contributed by atoms with E-state index in [9.17, 15) is 14.3 Å². The second-order valence-corrected chi connectivity index (χ2v) is 2.93. The maximum atomic E-state index is 13.4. The molecule has 0 aliphatic rings. The molecule has 0 bridgehead atoms. The van der Waals surface area contributed by atoms with Gasteiger partial charge in [-0.25, -0.2) is 4.39 Å². The van der Waals surface area contributed by atoms with Crippen LogP contribution in [0.5, 0.6) is 11.5 Å². The third kappa shape index (κ3) is 2.24. The minimum atomic E-state index is -0.949. The number of phenolic OH excluding ortho intramolecular Hbond substituents is 1. The molecule has 0 radical (unpaired) electrons. The lowest BCUT2D eigenvalue weighted by Gasteiger charge is -2.07. The van der Waals surface area contributed by atoms with Gasteiger partial charge in [-0.2, -0.15) is 0 Å². The highest BCUT2D eigenvalue weighted by atomic mass is 19.1. The number of hydrogen-bond acceptors (Lipinski definition) is 4. The Kier molecular flexibility index (Phi) is 3.62. The Morgan fingerprint density at radius 1 is 1.60 bits per heavy atom. The number of rotatable bonds is 4. The first-order chi connectivity index (χ1) is 7.11. The number of carbonyl (C=O) groups excluding carboxylic acids is 1. The molecule has 4 nitrogen and oxygen atoms in total. The van der Waals surface area contributed by atoms with Gasteiger partial charge in [0.05, 0.1) is 19.2 Å². The summed E-state index contributed by atoms with van der Waals surface area (Å²) in [6.45, 7) is 0.0166. The Morgan fingerprint density at radius 2 is 2.27 bits per heavy atom. The molecule has 0 aliphatic carbocycles. The van der Waals surface area contributed by atoms with Crippen LogP contribution in [0.2, 0.25) is 0 Å². The minimum Gasteiger partial charge on any atom is -0.502 e. The fourth-order valence-corrected chi connectivity index (χ4v) is 1.18. The number of aromatic hydroxyl groups is 1. The highest BCUT2D eigenvalue weighted by Gasteiger charge is 2.17. The van der Waals surface area contributed by atoms with Crippen LogP contribution in [0.4, 0.5) is 4.39 Å². The minimum absolute atomic E-state index is 0.00788. The third-order valence-electron chi connectivity index (χ3n) is 1.94. The molecule has 0 aromatic heterocycles. The zero-order valence-corrected chi connectivity index (χ0v) is 8.50. The van der Waals surface area contributed by atoms with Gasteiger partial charge in [-0.3, -0.25) is 4.79 Å². The molecular formula is C10H12FNO3. The normalized spacial score (nSPS) is 10.1. The number of methoxy groups -OCH3 is 1. The molecule has 1 aromatic rings. The zero-order valence-electron chi connectivity index (χ0n) is 8.50. The number of phenols is 1. The van der Waals surface area contributed by atoms with Crippen molar-refractivity contribution in [2.24, 2.45) is 0 Å². The number of ketones is 1. The van der Waals surface area contributed by atoms with E-state index in [1.54, 1.807) is 7.05 Å². The number of halogens is 1. The van der Waals surface area contributed by atoms with Crippen LogP contribution in [0, 0.1) is 5.82 Å². The van der Waals surface area contributed by atoms with Crippen LogP contribution < -0.4 is 10.1 Å². The standard InChI is InChI=1S/C10H12FNO3/c1-12-5-7(13)6-3-4-8(15-2)10(14)9(6)11/h3-4,12,14H,5H2,1-2H3. The van der Waals surface area contributed by atoms with E-state index in [0.717, 1.165) is 0 Å². The van der Waals surface area contributed by atoms with E-state index in [4.69, 9.17) is 4.74 Å². The molecule has 2 N–H and O–H groups in total. The molecule has 0 heterocycles. The summed E-state index contributed by atoms with van der Waals surface area (Å²) in [7, 11) is 2.89. The van der Waals surface area contributed by atoms with Crippen molar-refractivity contribution in [2.75, 3.05) is 20.7 Å². The van der Waals surface area contributed by atoms with Crippen molar-refractivity contribution in [2.45, 2.75) is 0 Å². The van der Waals surface area contributed by atoms with E-state index >= 15 is 0 Å². The molecule has 0 amide bonds. The summed E-state index contributed by atoms with van der Waals surface area (Å²) in [6, 6.07) is 2.63. The first kappa shape index (κ1) is 11.5. The summed E-state index contributed by atoms with van der Waals surface area (Å²) >= 11 is 0. The van der Waals surface area contributed by atoms with Gasteiger partial charge in [-0.15, -0.1) is 0 Å². The molecule has 0 atom stereocenters. The molecule has 82 valence electrons. The van der Waals surface area contributed by atoms with Crippen molar-refractivity contribution in [3.05, 3.63) is 23.5 Å². The number of ether oxygens (including phenoxy) is 1. The summed E-state index contributed by atoms with van der Waals surface area (Å²) < 4.78 is 18.1. The number of likely N-dealkylation sites (N-methyl/N-ethyl adjacent to an activating group) is 1. The number of hydrogen-bond donors (Lipinski definition) is 2. The summed E-state index contributed by atoms with van der Waals surface area (Å²) in [5, 5.41) is 11.9. The second-order valence-electron chi connectivity index (χ2n) is 2.93. The first-order valence-electron chi connectivity index (χ1n) is 4.35. The Morgan fingerprint density at radius 3 is 2.80 bits per heavy atom. The highest BCUT2D eigenvalue weighted by molar-refractivity contribution is 5.98. The molecule has 0 fully saturated rings. The van der Waals surface area contributed by atoms with Gasteiger partial charge in [0, 0.05) is 0 Å². The van der Waals surface area contributed by atoms with E-state index in [0.29, 0.717) is 0 Å². The van der Waals surface area contributed by atoms with Crippen molar-refractivity contribution < 1.29 is 19.0 Å². The average Bonchev–Trinajstić information content (AvgIpc) is 2.22. The average molecular weight is 213 g/mol. The molecule has 0 saturated heterocycles. The predicted octanol–water partition coefficient (Wildman–Crippen LogP) is 0.942. The highest BCUT2D eigenvalue weighted by Crippen LogP contribution is 2.30. The van der Waals surface area contributed by atoms with Crippen molar-refractivity contribution in [3.8, 4) is 11.5 Å². The molecule has 0 aliphatic heterocycles. The summed E-state index contributed by atoms with van der Waals surface area (Å²) in [5.41, 5.74) is -0.150. The fourth-order valence-electron chi connectivity index (χ4n) is 1.18. The van der Waals surface area contributed by atoms with Crippen LogP contribution in [0.1, 0.15) is 10.4 Å². The van der Waals surface area contributed by atoms with E-state index in [1.165, 1.54) is 19.2 Å². The Balaban J connectivity index is 3.11. The van der Waals surface area contributed by atoms with E-state index in [-0.39, 0.29) is 17.9 Å². The Hall–Kier alpha value is -1.62. The van der Waals surface area contributed by atoms with E-state index in [1.807, 2.05) is 0 Å². The molecular weight excluding hydrogens is 201 g/mol. The lowest BCUT2D eigenvalue weighted by molar-refractivity contribution is 0.0989. The lowest BCUT2D eigenvalue weighted by atomic mass is 10.1. The third-order valence-corrected chi connectivity index (χ3v) is 1.94. The van der Waals surface area contributed by atoms with Gasteiger partial charge in [-0.05, 0) is 19.2 Å². The lowest BCUT2D eigenvalue weighted by Crippen LogP contribution is -2.19. The molecule has 5 heteroatoms.